The fraction of sp³-hybridized carbons (Fsp3) is 0.278. The molecule has 1 aliphatic heterocycles. The highest BCUT2D eigenvalue weighted by atomic mass is 32.2. The Morgan fingerprint density at radius 2 is 1.88 bits per heavy atom. The summed E-state index contributed by atoms with van der Waals surface area (Å²) < 4.78 is 27.1. The van der Waals surface area contributed by atoms with Crippen LogP contribution in [-0.4, -0.2) is 27.1 Å². The molecule has 0 atom stereocenters. The fourth-order valence-corrected chi connectivity index (χ4v) is 3.99. The molecule has 3 rings (SSSR count). The number of rotatable bonds is 6. The molecule has 1 heterocycles. The van der Waals surface area contributed by atoms with Gasteiger partial charge in [-0.05, 0) is 42.2 Å². The van der Waals surface area contributed by atoms with Crippen LogP contribution in [0.1, 0.15) is 17.5 Å². The molecule has 6 heteroatoms. The molecule has 1 N–H and O–H groups in total. The summed E-state index contributed by atoms with van der Waals surface area (Å²) in [6, 6.07) is 15.0. The number of likely N-dealkylation sites (N-methyl/N-ethyl adjacent to an activating group) is 1. The number of sulfonamides is 1. The Bertz CT molecular complexity index is 848. The van der Waals surface area contributed by atoms with Gasteiger partial charge in [-0.1, -0.05) is 30.3 Å². The van der Waals surface area contributed by atoms with Gasteiger partial charge in [0.15, 0.2) is 0 Å². The molecule has 24 heavy (non-hydrogen) atoms. The Morgan fingerprint density at radius 3 is 2.62 bits per heavy atom. The molecule has 0 saturated heterocycles. The van der Waals surface area contributed by atoms with Crippen molar-refractivity contribution in [3.63, 3.8) is 0 Å². The number of anilines is 2. The lowest BCUT2D eigenvalue weighted by Crippen LogP contribution is -2.20. The first-order valence-electron chi connectivity index (χ1n) is 7.88. The van der Waals surface area contributed by atoms with Gasteiger partial charge >= 0.3 is 0 Å². The fourth-order valence-electron chi connectivity index (χ4n) is 2.88. The number of carbonyl (C=O) groups excluding carboxylic acids is 1. The summed E-state index contributed by atoms with van der Waals surface area (Å²) in [7, 11) is -1.67. The molecule has 1 amide bonds. The van der Waals surface area contributed by atoms with Crippen molar-refractivity contribution in [1.29, 1.82) is 0 Å². The van der Waals surface area contributed by atoms with Gasteiger partial charge in [0.05, 0.1) is 12.2 Å². The Morgan fingerprint density at radius 1 is 1.12 bits per heavy atom. The maximum absolute atomic E-state index is 12.2. The van der Waals surface area contributed by atoms with Gasteiger partial charge in [-0.2, -0.15) is 0 Å². The van der Waals surface area contributed by atoms with Gasteiger partial charge in [0.25, 0.3) is 0 Å². The summed E-state index contributed by atoms with van der Waals surface area (Å²) in [5.74, 6) is 0.0884. The van der Waals surface area contributed by atoms with Gasteiger partial charge in [-0.25, -0.2) is 8.42 Å². The topological polar surface area (TPSA) is 66.5 Å². The number of nitrogens with one attached hydrogen (secondary N) is 1. The smallest absolute Gasteiger partial charge is 0.232 e. The molecule has 0 bridgehead atoms. The van der Waals surface area contributed by atoms with Gasteiger partial charge in [-0.3, -0.25) is 9.52 Å². The molecule has 0 aliphatic carbocycles. The summed E-state index contributed by atoms with van der Waals surface area (Å²) in [6.45, 7) is 0. The highest BCUT2D eigenvalue weighted by molar-refractivity contribution is 7.92. The van der Waals surface area contributed by atoms with Crippen LogP contribution in [0.15, 0.2) is 48.5 Å². The van der Waals surface area contributed by atoms with Crippen molar-refractivity contribution in [3.8, 4) is 0 Å². The van der Waals surface area contributed by atoms with Crippen LogP contribution in [0.3, 0.4) is 0 Å². The molecule has 1 aliphatic rings. The maximum atomic E-state index is 12.2. The average molecular weight is 344 g/mol. The molecule has 0 radical (unpaired) electrons. The van der Waals surface area contributed by atoms with Gasteiger partial charge in [-0.15, -0.1) is 0 Å². The quantitative estimate of drug-likeness (QED) is 0.876. The van der Waals surface area contributed by atoms with Crippen LogP contribution in [0.2, 0.25) is 0 Å². The van der Waals surface area contributed by atoms with E-state index < -0.39 is 10.0 Å². The predicted octanol–water partition coefficient (Wildman–Crippen LogP) is 2.58. The molecule has 126 valence electrons. The Hall–Kier alpha value is -2.34. The lowest BCUT2D eigenvalue weighted by Gasteiger charge is -2.12. The minimum atomic E-state index is -3.40. The molecule has 0 unspecified atom stereocenters. The Balaban J connectivity index is 1.61. The zero-order valence-electron chi connectivity index (χ0n) is 13.5. The van der Waals surface area contributed by atoms with Crippen molar-refractivity contribution >= 4 is 27.3 Å². The SMILES string of the molecule is CN1C(=O)Cc2cc(NS(=O)(=O)CCCc3ccccc3)ccc21. The van der Waals surface area contributed by atoms with Crippen molar-refractivity contribution in [2.45, 2.75) is 19.3 Å². The summed E-state index contributed by atoms with van der Waals surface area (Å²) in [5.41, 5.74) is 3.34. The van der Waals surface area contributed by atoms with Gasteiger partial charge in [0.2, 0.25) is 15.9 Å². The second-order valence-electron chi connectivity index (χ2n) is 5.98. The molecular formula is C18H20N2O3S. The van der Waals surface area contributed by atoms with Crippen LogP contribution in [0.5, 0.6) is 0 Å². The van der Waals surface area contributed by atoms with Crippen molar-refractivity contribution in [3.05, 3.63) is 59.7 Å². The lowest BCUT2D eigenvalue weighted by atomic mass is 10.1. The number of nitrogens with zero attached hydrogens (tertiary/aromatic N) is 1. The predicted molar refractivity (Wildman–Crippen MR) is 95.7 cm³/mol. The van der Waals surface area contributed by atoms with E-state index in [0.717, 1.165) is 23.2 Å². The highest BCUT2D eigenvalue weighted by Crippen LogP contribution is 2.30. The van der Waals surface area contributed by atoms with Crippen LogP contribution >= 0.6 is 0 Å². The third-order valence-electron chi connectivity index (χ3n) is 4.15. The van der Waals surface area contributed by atoms with E-state index in [-0.39, 0.29) is 11.7 Å². The number of amides is 1. The van der Waals surface area contributed by atoms with Gasteiger partial charge < -0.3 is 4.90 Å². The minimum Gasteiger partial charge on any atom is -0.315 e. The van der Waals surface area contributed by atoms with Crippen molar-refractivity contribution in [2.75, 3.05) is 22.4 Å². The first-order chi connectivity index (χ1) is 11.4. The minimum absolute atomic E-state index is 0.0212. The van der Waals surface area contributed by atoms with Gasteiger partial charge in [0, 0.05) is 18.4 Å². The molecule has 0 spiro atoms. The molecule has 2 aromatic carbocycles. The number of carbonyl (C=O) groups is 1. The van der Waals surface area contributed by atoms with Crippen LogP contribution in [0.4, 0.5) is 11.4 Å². The first-order valence-corrected chi connectivity index (χ1v) is 9.54. The molecular weight excluding hydrogens is 324 g/mol. The third kappa shape index (κ3) is 3.76. The van der Waals surface area contributed by atoms with Crippen molar-refractivity contribution < 1.29 is 13.2 Å². The zero-order valence-corrected chi connectivity index (χ0v) is 14.3. The largest absolute Gasteiger partial charge is 0.315 e. The van der Waals surface area contributed by atoms with E-state index in [2.05, 4.69) is 4.72 Å². The molecule has 0 fully saturated rings. The number of hydrogen-bond acceptors (Lipinski definition) is 3. The monoisotopic (exact) mass is 344 g/mol. The Labute approximate surface area is 142 Å². The lowest BCUT2D eigenvalue weighted by molar-refractivity contribution is -0.117. The summed E-state index contributed by atoms with van der Waals surface area (Å²) >= 11 is 0. The zero-order chi connectivity index (χ0) is 17.2. The second kappa shape index (κ2) is 6.65. The maximum Gasteiger partial charge on any atom is 0.232 e. The summed E-state index contributed by atoms with van der Waals surface area (Å²) in [6.07, 6.45) is 1.60. The van der Waals surface area contributed by atoms with Crippen molar-refractivity contribution in [1.82, 2.24) is 0 Å². The molecule has 0 aromatic heterocycles. The Kier molecular flexibility index (Phi) is 4.57. The standard InChI is InChI=1S/C18H20N2O3S/c1-20-17-10-9-16(12-15(17)13-18(20)21)19-24(22,23)11-5-8-14-6-3-2-4-7-14/h2-4,6-7,9-10,12,19H,5,8,11,13H2,1H3. The highest BCUT2D eigenvalue weighted by Gasteiger charge is 2.24. The van der Waals surface area contributed by atoms with Gasteiger partial charge in [0.1, 0.15) is 0 Å². The van der Waals surface area contributed by atoms with Crippen LogP contribution in [-0.2, 0) is 27.7 Å². The van der Waals surface area contributed by atoms with E-state index in [1.54, 1.807) is 30.1 Å². The van der Waals surface area contributed by atoms with Crippen LogP contribution in [0.25, 0.3) is 0 Å². The van der Waals surface area contributed by atoms with E-state index in [4.69, 9.17) is 0 Å². The molecule has 5 nitrogen and oxygen atoms in total. The molecule has 0 saturated carbocycles. The van der Waals surface area contributed by atoms with Crippen LogP contribution < -0.4 is 9.62 Å². The second-order valence-corrected chi connectivity index (χ2v) is 7.82. The summed E-state index contributed by atoms with van der Waals surface area (Å²) in [5, 5.41) is 0. The van der Waals surface area contributed by atoms with E-state index in [0.29, 0.717) is 18.5 Å². The summed E-state index contributed by atoms with van der Waals surface area (Å²) in [4.78, 5) is 13.3. The molecule has 2 aromatic rings. The van der Waals surface area contributed by atoms with Crippen LogP contribution in [0, 0.1) is 0 Å². The van der Waals surface area contributed by atoms with E-state index >= 15 is 0 Å². The van der Waals surface area contributed by atoms with E-state index in [9.17, 15) is 13.2 Å². The first kappa shape index (κ1) is 16.5. The van der Waals surface area contributed by atoms with Crippen molar-refractivity contribution in [2.24, 2.45) is 0 Å². The normalized spacial score (nSPS) is 13.9. The number of benzene rings is 2. The number of fused-ring (bicyclic) bond motifs is 1. The third-order valence-corrected chi connectivity index (χ3v) is 5.52. The van der Waals surface area contributed by atoms with E-state index in [1.165, 1.54) is 0 Å². The average Bonchev–Trinajstić information content (AvgIpc) is 2.82. The number of hydrogen-bond donors (Lipinski definition) is 1. The van der Waals surface area contributed by atoms with E-state index in [1.807, 2.05) is 30.3 Å². The number of aryl methyl sites for hydroxylation is 1.